The van der Waals surface area contributed by atoms with Gasteiger partial charge in [0.1, 0.15) is 19.0 Å². The van der Waals surface area contributed by atoms with Crippen LogP contribution in [-0.2, 0) is 34.2 Å². The van der Waals surface area contributed by atoms with Crippen LogP contribution in [0.25, 0.3) is 10.9 Å². The molecule has 0 N–H and O–H groups in total. The van der Waals surface area contributed by atoms with Crippen LogP contribution in [0.5, 0.6) is 5.75 Å². The van der Waals surface area contributed by atoms with Gasteiger partial charge >= 0.3 is 5.97 Å². The van der Waals surface area contributed by atoms with E-state index < -0.39 is 5.41 Å². The fraction of sp³-hybridized carbons (Fsp3) is 0.448. The lowest BCUT2D eigenvalue weighted by Crippen LogP contribution is -2.47. The summed E-state index contributed by atoms with van der Waals surface area (Å²) < 4.78 is 13.7. The average Bonchev–Trinajstić information content (AvgIpc) is 3.19. The van der Waals surface area contributed by atoms with Crippen LogP contribution in [0.4, 0.5) is 0 Å². The number of amides is 1. The Bertz CT molecular complexity index is 1210. The first-order chi connectivity index (χ1) is 17.1. The SMILES string of the molecule is Cn1cc(CC(=O)N2CCC3(CCCCc4ccccc4OCCOC3=O)CC2)c2ccccc21. The summed E-state index contributed by atoms with van der Waals surface area (Å²) in [6, 6.07) is 16.3. The van der Waals surface area contributed by atoms with Gasteiger partial charge in [-0.05, 0) is 55.4 Å². The zero-order valence-corrected chi connectivity index (χ0v) is 20.5. The van der Waals surface area contributed by atoms with Gasteiger partial charge in [0.2, 0.25) is 5.91 Å². The molecule has 0 atom stereocenters. The molecule has 2 aromatic carbocycles. The van der Waals surface area contributed by atoms with Crippen LogP contribution in [0, 0.1) is 5.41 Å². The fourth-order valence-corrected chi connectivity index (χ4v) is 5.65. The molecule has 0 bridgehead atoms. The summed E-state index contributed by atoms with van der Waals surface area (Å²) >= 11 is 0. The first-order valence-corrected chi connectivity index (χ1v) is 12.7. The Morgan fingerprint density at radius 2 is 1.69 bits per heavy atom. The van der Waals surface area contributed by atoms with Gasteiger partial charge in [-0.1, -0.05) is 42.8 Å². The van der Waals surface area contributed by atoms with Gasteiger partial charge in [0.25, 0.3) is 0 Å². The van der Waals surface area contributed by atoms with Crippen molar-refractivity contribution in [1.29, 1.82) is 0 Å². The molecule has 6 nitrogen and oxygen atoms in total. The second kappa shape index (κ2) is 10.1. The highest BCUT2D eigenvalue weighted by Crippen LogP contribution is 2.39. The van der Waals surface area contributed by atoms with E-state index >= 15 is 0 Å². The Balaban J connectivity index is 1.23. The van der Waals surface area contributed by atoms with Gasteiger partial charge in [-0.25, -0.2) is 0 Å². The van der Waals surface area contributed by atoms with Crippen molar-refractivity contribution >= 4 is 22.8 Å². The van der Waals surface area contributed by atoms with Gasteiger partial charge in [-0.3, -0.25) is 9.59 Å². The van der Waals surface area contributed by atoms with Crippen molar-refractivity contribution in [2.75, 3.05) is 26.3 Å². The van der Waals surface area contributed by atoms with Gasteiger partial charge in [0, 0.05) is 37.2 Å². The lowest BCUT2D eigenvalue weighted by molar-refractivity contribution is -0.162. The van der Waals surface area contributed by atoms with Gasteiger partial charge < -0.3 is 18.9 Å². The van der Waals surface area contributed by atoms with Crippen molar-refractivity contribution < 1.29 is 19.1 Å². The van der Waals surface area contributed by atoms with Crippen LogP contribution < -0.4 is 4.74 Å². The van der Waals surface area contributed by atoms with Crippen LogP contribution in [-0.4, -0.2) is 47.6 Å². The predicted molar refractivity (Wildman–Crippen MR) is 135 cm³/mol. The van der Waals surface area contributed by atoms with Crippen LogP contribution in [0.1, 0.15) is 43.2 Å². The van der Waals surface area contributed by atoms with Gasteiger partial charge in [-0.2, -0.15) is 0 Å². The molecule has 6 heteroatoms. The molecule has 1 aromatic heterocycles. The normalized spacial score (nSPS) is 18.8. The number of hydrogen-bond acceptors (Lipinski definition) is 4. The number of fused-ring (bicyclic) bond motifs is 2. The van der Waals surface area contributed by atoms with Gasteiger partial charge in [0.05, 0.1) is 11.8 Å². The second-order valence-corrected chi connectivity index (χ2v) is 9.92. The minimum atomic E-state index is -0.505. The van der Waals surface area contributed by atoms with E-state index in [1.165, 1.54) is 5.56 Å². The molecule has 1 fully saturated rings. The molecule has 35 heavy (non-hydrogen) atoms. The Labute approximate surface area is 206 Å². The van der Waals surface area contributed by atoms with Crippen molar-refractivity contribution in [2.24, 2.45) is 12.5 Å². The van der Waals surface area contributed by atoms with Crippen molar-refractivity contribution in [3.8, 4) is 5.75 Å². The number of benzene rings is 2. The van der Waals surface area contributed by atoms with Crippen molar-refractivity contribution in [1.82, 2.24) is 9.47 Å². The third-order valence-electron chi connectivity index (χ3n) is 7.73. The van der Waals surface area contributed by atoms with Crippen LogP contribution in [0.2, 0.25) is 0 Å². The number of esters is 1. The highest BCUT2D eigenvalue weighted by atomic mass is 16.6. The van der Waals surface area contributed by atoms with Crippen LogP contribution in [0.15, 0.2) is 54.7 Å². The molecule has 184 valence electrons. The first-order valence-electron chi connectivity index (χ1n) is 12.7. The van der Waals surface area contributed by atoms with E-state index in [-0.39, 0.29) is 18.5 Å². The highest BCUT2D eigenvalue weighted by molar-refractivity contribution is 5.89. The van der Waals surface area contributed by atoms with Crippen LogP contribution in [0.3, 0.4) is 0 Å². The average molecular weight is 475 g/mol. The maximum absolute atomic E-state index is 13.2. The maximum atomic E-state index is 13.2. The van der Waals surface area contributed by atoms with Gasteiger partial charge in [0.15, 0.2) is 0 Å². The number of nitrogens with zero attached hydrogens (tertiary/aromatic N) is 2. The van der Waals surface area contributed by atoms with Crippen molar-refractivity contribution in [3.05, 3.63) is 65.9 Å². The summed E-state index contributed by atoms with van der Waals surface area (Å²) in [4.78, 5) is 28.3. The third kappa shape index (κ3) is 4.93. The summed E-state index contributed by atoms with van der Waals surface area (Å²) in [5.74, 6) is 0.885. The minimum Gasteiger partial charge on any atom is -0.490 e. The summed E-state index contributed by atoms with van der Waals surface area (Å²) in [5, 5.41) is 1.13. The number of piperidine rings is 1. The Hall–Kier alpha value is -3.28. The highest BCUT2D eigenvalue weighted by Gasteiger charge is 2.43. The number of para-hydroxylation sites is 2. The molecule has 3 heterocycles. The number of carbonyl (C=O) groups is 2. The smallest absolute Gasteiger partial charge is 0.312 e. The maximum Gasteiger partial charge on any atom is 0.312 e. The molecule has 0 saturated carbocycles. The van der Waals surface area contributed by atoms with Crippen molar-refractivity contribution in [3.63, 3.8) is 0 Å². The first kappa shape index (κ1) is 23.5. The number of carbonyl (C=O) groups excluding carboxylic acids is 2. The molecule has 0 radical (unpaired) electrons. The molecular formula is C29H34N2O4. The molecule has 3 aromatic rings. The van der Waals surface area contributed by atoms with E-state index in [2.05, 4.69) is 29.0 Å². The largest absolute Gasteiger partial charge is 0.490 e. The lowest BCUT2D eigenvalue weighted by Gasteiger charge is -2.40. The number of ether oxygens (including phenoxy) is 2. The lowest BCUT2D eigenvalue weighted by atomic mass is 9.74. The number of aryl methyl sites for hydroxylation is 2. The summed E-state index contributed by atoms with van der Waals surface area (Å²) in [5.41, 5.74) is 2.89. The monoisotopic (exact) mass is 474 g/mol. The van der Waals surface area contributed by atoms with Crippen molar-refractivity contribution in [2.45, 2.75) is 44.9 Å². The summed E-state index contributed by atoms with van der Waals surface area (Å²) in [6.07, 6.45) is 7.45. The van der Waals surface area contributed by atoms with E-state index in [4.69, 9.17) is 9.47 Å². The molecule has 2 aliphatic heterocycles. The standard InChI is InChI=1S/C29H34N2O4/c1-30-21-23(24-10-3-4-11-25(24)30)20-27(32)31-16-14-29(15-17-31)13-7-6-9-22-8-2-5-12-26(22)34-18-19-35-28(29)33/h2-5,8,10-12,21H,6-7,9,13-20H2,1H3. The summed E-state index contributed by atoms with van der Waals surface area (Å²) in [6.45, 7) is 1.79. The van der Waals surface area contributed by atoms with Crippen LogP contribution >= 0.6 is 0 Å². The Morgan fingerprint density at radius 3 is 2.54 bits per heavy atom. The number of aromatic nitrogens is 1. The quantitative estimate of drug-likeness (QED) is 0.506. The number of rotatable bonds is 2. The van der Waals surface area contributed by atoms with E-state index in [0.717, 1.165) is 47.9 Å². The Kier molecular flexibility index (Phi) is 6.80. The molecule has 0 aliphatic carbocycles. The molecule has 1 spiro atoms. The molecule has 1 amide bonds. The fourth-order valence-electron chi connectivity index (χ4n) is 5.65. The zero-order chi connectivity index (χ0) is 24.3. The number of likely N-dealkylation sites (tertiary alicyclic amines) is 1. The molecule has 0 unspecified atom stereocenters. The third-order valence-corrected chi connectivity index (χ3v) is 7.73. The topological polar surface area (TPSA) is 60.8 Å². The van der Waals surface area contributed by atoms with E-state index in [0.29, 0.717) is 39.0 Å². The minimum absolute atomic E-state index is 0.128. The Morgan fingerprint density at radius 1 is 0.943 bits per heavy atom. The zero-order valence-electron chi connectivity index (χ0n) is 20.5. The number of cyclic esters (lactones) is 1. The van der Waals surface area contributed by atoms with E-state index in [1.54, 1.807) is 0 Å². The summed E-state index contributed by atoms with van der Waals surface area (Å²) in [7, 11) is 2.01. The number of hydrogen-bond donors (Lipinski definition) is 0. The van der Waals surface area contributed by atoms with E-state index in [9.17, 15) is 9.59 Å². The van der Waals surface area contributed by atoms with Gasteiger partial charge in [-0.15, -0.1) is 0 Å². The predicted octanol–water partition coefficient (Wildman–Crippen LogP) is 4.68. The molecule has 2 aliphatic rings. The molecule has 1 saturated heterocycles. The second-order valence-electron chi connectivity index (χ2n) is 9.92. The van der Waals surface area contributed by atoms with E-state index in [1.807, 2.05) is 42.3 Å². The molecular weight excluding hydrogens is 440 g/mol. The molecule has 5 rings (SSSR count).